The average molecular weight is 1060 g/mol. The molecule has 2 aromatic carbocycles. The monoisotopic (exact) mass is 1060 g/mol. The highest BCUT2D eigenvalue weighted by atomic mass is 16.6. The first-order chi connectivity index (χ1) is 35.3. The van der Waals surface area contributed by atoms with Gasteiger partial charge in [0.05, 0.1) is 12.1 Å². The molecule has 0 spiro atoms. The summed E-state index contributed by atoms with van der Waals surface area (Å²) in [5.41, 5.74) is 11.7. The molecule has 0 fully saturated rings. The minimum absolute atomic E-state index is 0.0823. The van der Waals surface area contributed by atoms with Crippen molar-refractivity contribution in [3.63, 3.8) is 0 Å². The van der Waals surface area contributed by atoms with Crippen molar-refractivity contribution in [2.75, 3.05) is 26.0 Å². The molecule has 3 aromatic rings. The number of nitrogens with zero attached hydrogens (tertiary/aromatic N) is 3. The first-order valence-corrected chi connectivity index (χ1v) is 25.2. The molecule has 11 N–H and O–H groups in total. The number of rotatable bonds is 26. The fraction of sp³-hybridized carbons (Fsp3) is 0.537. The number of ether oxygens (including phenoxy) is 1. The summed E-state index contributed by atoms with van der Waals surface area (Å²) in [6.45, 7) is 17.6. The van der Waals surface area contributed by atoms with Gasteiger partial charge in [-0.25, -0.2) is 14.4 Å². The Balaban J connectivity index is 1.94. The van der Waals surface area contributed by atoms with Crippen LogP contribution >= 0.6 is 0 Å². The van der Waals surface area contributed by atoms with Gasteiger partial charge in [-0.3, -0.25) is 33.7 Å². The Morgan fingerprint density at radius 2 is 1.41 bits per heavy atom. The van der Waals surface area contributed by atoms with Gasteiger partial charge in [0.1, 0.15) is 30.8 Å². The van der Waals surface area contributed by atoms with E-state index in [1.807, 2.05) is 69.8 Å². The number of aromatic nitrogens is 1. The SMILES string of the molecule is C/C(=C\[C@H](C(C)C)N(C)C(=O)[C@@H](NC(=O)[C@@H](N(C)C(=O)OCc1ccc(NC(=O)[C@H](CCCNC(N)=O)NC(=O)C(N)C(C)C)cc1)C(C)(C)c1cn(C)c2ccccc12)C(C)(C)C)C(=O)N[C@H](CCC(=O)O)C(=O)O. The molecule has 1 aromatic heterocycles. The number of nitrogens with two attached hydrogens (primary N) is 2. The Kier molecular flexibility index (Phi) is 22.6. The van der Waals surface area contributed by atoms with Crippen molar-refractivity contribution in [2.24, 2.45) is 35.8 Å². The summed E-state index contributed by atoms with van der Waals surface area (Å²) in [7, 11) is 4.84. The molecule has 0 saturated carbocycles. The molecule has 1 heterocycles. The number of nitrogens with one attached hydrogen (secondary N) is 5. The van der Waals surface area contributed by atoms with E-state index in [1.54, 1.807) is 58.9 Å². The first-order valence-electron chi connectivity index (χ1n) is 25.2. The summed E-state index contributed by atoms with van der Waals surface area (Å²) >= 11 is 0. The topological polar surface area (TPSA) is 327 Å². The fourth-order valence-electron chi connectivity index (χ4n) is 8.71. The molecular weight excluding hydrogens is 981 g/mol. The molecule has 22 heteroatoms. The van der Waals surface area contributed by atoms with Crippen molar-refractivity contribution in [1.82, 2.24) is 35.6 Å². The number of amides is 8. The van der Waals surface area contributed by atoms with E-state index in [1.165, 1.54) is 36.9 Å². The molecule has 22 nitrogen and oxygen atoms in total. The Bertz CT molecular complexity index is 2600. The maximum atomic E-state index is 15.2. The summed E-state index contributed by atoms with van der Waals surface area (Å²) in [5.74, 6) is -6.09. The highest BCUT2D eigenvalue weighted by molar-refractivity contribution is 5.98. The van der Waals surface area contributed by atoms with Gasteiger partial charge in [0, 0.05) is 67.9 Å². The van der Waals surface area contributed by atoms with Crippen LogP contribution in [0.25, 0.3) is 10.9 Å². The number of carbonyl (C=O) groups excluding carboxylic acids is 7. The van der Waals surface area contributed by atoms with Crippen LogP contribution in [0.3, 0.4) is 0 Å². The van der Waals surface area contributed by atoms with Crippen LogP contribution in [-0.2, 0) is 57.4 Å². The summed E-state index contributed by atoms with van der Waals surface area (Å²) in [6, 6.07) is 6.80. The number of primary amides is 1. The van der Waals surface area contributed by atoms with Gasteiger partial charge in [-0.05, 0) is 72.8 Å². The van der Waals surface area contributed by atoms with Gasteiger partial charge in [-0.15, -0.1) is 0 Å². The molecule has 1 unspecified atom stereocenters. The van der Waals surface area contributed by atoms with E-state index < -0.39 is 107 Å². The van der Waals surface area contributed by atoms with Crippen LogP contribution in [0.2, 0.25) is 0 Å². The molecular formula is C54H80N10O12. The van der Waals surface area contributed by atoms with Gasteiger partial charge in [0.25, 0.3) is 0 Å². The quantitative estimate of drug-likeness (QED) is 0.0400. The zero-order chi connectivity index (χ0) is 57.6. The number of hydrogen-bond donors (Lipinski definition) is 9. The number of carboxylic acid groups (broad SMARTS) is 2. The third-order valence-corrected chi connectivity index (χ3v) is 13.3. The maximum absolute atomic E-state index is 15.2. The van der Waals surface area contributed by atoms with Gasteiger partial charge in [-0.2, -0.15) is 0 Å². The first kappa shape index (κ1) is 62.8. The number of carbonyl (C=O) groups is 9. The van der Waals surface area contributed by atoms with Crippen molar-refractivity contribution >= 4 is 70.2 Å². The third kappa shape index (κ3) is 17.3. The highest BCUT2D eigenvalue weighted by Crippen LogP contribution is 2.37. The second-order valence-corrected chi connectivity index (χ2v) is 21.5. The van der Waals surface area contributed by atoms with Crippen molar-refractivity contribution in [1.29, 1.82) is 0 Å². The molecule has 0 aliphatic heterocycles. The van der Waals surface area contributed by atoms with Crippen molar-refractivity contribution in [3.05, 3.63) is 77.5 Å². The van der Waals surface area contributed by atoms with Gasteiger partial charge >= 0.3 is 24.1 Å². The predicted molar refractivity (Wildman–Crippen MR) is 287 cm³/mol. The van der Waals surface area contributed by atoms with E-state index >= 15 is 4.79 Å². The number of para-hydroxylation sites is 1. The number of carboxylic acids is 2. The minimum atomic E-state index is -1.46. The third-order valence-electron chi connectivity index (χ3n) is 13.3. The summed E-state index contributed by atoms with van der Waals surface area (Å²) in [5, 5.41) is 32.8. The maximum Gasteiger partial charge on any atom is 0.410 e. The molecule has 0 radical (unpaired) electrons. The molecule has 8 amide bonds. The second-order valence-electron chi connectivity index (χ2n) is 21.5. The number of urea groups is 1. The Hall–Kier alpha value is -7.49. The number of benzene rings is 2. The van der Waals surface area contributed by atoms with Crippen LogP contribution in [0.15, 0.2) is 66.4 Å². The van der Waals surface area contributed by atoms with E-state index in [2.05, 4.69) is 26.6 Å². The Morgan fingerprint density at radius 1 is 0.789 bits per heavy atom. The molecule has 6 atom stereocenters. The van der Waals surface area contributed by atoms with E-state index in [0.29, 0.717) is 17.7 Å². The predicted octanol–water partition coefficient (Wildman–Crippen LogP) is 4.34. The van der Waals surface area contributed by atoms with Crippen LogP contribution in [0.5, 0.6) is 0 Å². The largest absolute Gasteiger partial charge is 0.481 e. The van der Waals surface area contributed by atoms with Gasteiger partial charge in [-0.1, -0.05) is 98.7 Å². The number of anilines is 1. The van der Waals surface area contributed by atoms with Crippen molar-refractivity contribution < 1.29 is 58.1 Å². The summed E-state index contributed by atoms with van der Waals surface area (Å²) < 4.78 is 7.76. The molecule has 0 bridgehead atoms. The standard InChI is InChI=1S/C54H80N10O12/c1-30(2)40(27-32(5)45(67)60-38(50(72)73)24-25-41(65)66)63(12)49(71)43(53(6,7)8)61-48(70)44(54(9,10)36-28-62(11)39-19-15-14-17-35(36)39)64(13)52(75)76-29-33-20-22-34(23-21-33)58-46(68)37(18-16-26-57-51(56)74)59-47(69)42(55)31(3)4/h14-15,17,19-23,27-28,30-31,37-38,40,42-44H,16,18,24-26,29,55H2,1-13H3,(H,58,68)(H,59,69)(H,60,67)(H,61,70)(H,65,66)(H,72,73)(H3,56,57,74)/b32-27+/t37-,38+,40+,42?,43+,44+/m0/s1. The van der Waals surface area contributed by atoms with Crippen LogP contribution in [-0.4, -0.2) is 135 Å². The molecule has 0 aliphatic rings. The lowest BCUT2D eigenvalue weighted by molar-refractivity contribution is -0.142. The van der Waals surface area contributed by atoms with E-state index in [4.69, 9.17) is 21.3 Å². The summed E-state index contributed by atoms with van der Waals surface area (Å²) in [4.78, 5) is 120. The van der Waals surface area contributed by atoms with Gasteiger partial charge in [0.2, 0.25) is 29.5 Å². The number of aryl methyl sites for hydroxylation is 1. The molecule has 0 aliphatic carbocycles. The number of hydrogen-bond acceptors (Lipinski definition) is 11. The van der Waals surface area contributed by atoms with E-state index in [-0.39, 0.29) is 43.4 Å². The Labute approximate surface area is 445 Å². The van der Waals surface area contributed by atoms with Crippen LogP contribution < -0.4 is 38.1 Å². The van der Waals surface area contributed by atoms with Crippen molar-refractivity contribution in [2.45, 2.75) is 143 Å². The molecule has 76 heavy (non-hydrogen) atoms. The summed E-state index contributed by atoms with van der Waals surface area (Å²) in [6.07, 6.45) is 2.23. The molecule has 0 saturated heterocycles. The van der Waals surface area contributed by atoms with Gasteiger partial charge < -0.3 is 62.5 Å². The fourth-order valence-corrected chi connectivity index (χ4v) is 8.71. The smallest absolute Gasteiger partial charge is 0.410 e. The zero-order valence-corrected chi connectivity index (χ0v) is 46.1. The van der Waals surface area contributed by atoms with Crippen molar-refractivity contribution in [3.8, 4) is 0 Å². The average Bonchev–Trinajstić information content (AvgIpc) is 3.69. The van der Waals surface area contributed by atoms with E-state index in [0.717, 1.165) is 16.5 Å². The minimum Gasteiger partial charge on any atom is -0.481 e. The Morgan fingerprint density at radius 3 is 1.96 bits per heavy atom. The van der Waals surface area contributed by atoms with Crippen LogP contribution in [0.4, 0.5) is 15.3 Å². The number of aliphatic carboxylic acids is 2. The second kappa shape index (κ2) is 27.3. The lowest BCUT2D eigenvalue weighted by atomic mass is 9.76. The van der Waals surface area contributed by atoms with Gasteiger partial charge in [0.15, 0.2) is 0 Å². The molecule has 418 valence electrons. The van der Waals surface area contributed by atoms with E-state index in [9.17, 15) is 43.5 Å². The lowest BCUT2D eigenvalue weighted by Crippen LogP contribution is -2.63. The highest BCUT2D eigenvalue weighted by Gasteiger charge is 2.46. The number of fused-ring (bicyclic) bond motifs is 1. The van der Waals surface area contributed by atoms with Crippen LogP contribution in [0.1, 0.15) is 106 Å². The van der Waals surface area contributed by atoms with Crippen LogP contribution in [0, 0.1) is 17.3 Å². The lowest BCUT2D eigenvalue weighted by Gasteiger charge is -2.42. The number of likely N-dealkylation sites (N-methyl/N-ethyl adjacent to an activating group) is 2. The normalized spacial score (nSPS) is 14.3. The molecule has 3 rings (SSSR count). The zero-order valence-electron chi connectivity index (χ0n) is 46.1.